The lowest BCUT2D eigenvalue weighted by molar-refractivity contribution is -0.137. The van der Waals surface area contributed by atoms with Gasteiger partial charge in [-0.25, -0.2) is 0 Å². The van der Waals surface area contributed by atoms with Crippen LogP contribution in [0.15, 0.2) is 78.9 Å². The average molecular weight is 461 g/mol. The Morgan fingerprint density at radius 3 is 2.28 bits per heavy atom. The van der Waals surface area contributed by atoms with Crippen LogP contribution in [0.3, 0.4) is 0 Å². The second-order valence-corrected chi connectivity index (χ2v) is 7.50. The smallest absolute Gasteiger partial charge is 0.352 e. The fourth-order valence-electron chi connectivity index (χ4n) is 3.13. The summed E-state index contributed by atoms with van der Waals surface area (Å²) in [5.41, 5.74) is 0.532. The quantitative estimate of drug-likeness (QED) is 0.486. The number of hydrogen-bond acceptors (Lipinski definition) is 2. The number of halogens is 4. The number of benzene rings is 3. The molecule has 2 N–H and O–H groups in total. The molecule has 0 spiro atoms. The van der Waals surface area contributed by atoms with E-state index in [1.165, 1.54) is 12.1 Å². The van der Waals surface area contributed by atoms with Crippen LogP contribution in [0.25, 0.3) is 0 Å². The van der Waals surface area contributed by atoms with Crippen LogP contribution in [0.2, 0.25) is 5.02 Å². The van der Waals surface area contributed by atoms with Crippen LogP contribution >= 0.6 is 11.6 Å². The molecule has 0 saturated heterocycles. The van der Waals surface area contributed by atoms with Crippen molar-refractivity contribution in [1.29, 1.82) is 0 Å². The molecule has 0 bridgehead atoms. The lowest BCUT2D eigenvalue weighted by Crippen LogP contribution is -2.33. The Kier molecular flexibility index (Phi) is 7.53. The summed E-state index contributed by atoms with van der Waals surface area (Å²) in [5.74, 6) is -0.856. The first-order valence-electron chi connectivity index (χ1n) is 9.77. The molecule has 0 radical (unpaired) electrons. The summed E-state index contributed by atoms with van der Waals surface area (Å²) < 4.78 is 38.6. The number of hydrogen-bond donors (Lipinski definition) is 2. The lowest BCUT2D eigenvalue weighted by Gasteiger charge is -2.19. The summed E-state index contributed by atoms with van der Waals surface area (Å²) in [6.07, 6.45) is -4.55. The zero-order valence-electron chi connectivity index (χ0n) is 16.8. The topological polar surface area (TPSA) is 58.2 Å². The minimum atomic E-state index is -4.46. The van der Waals surface area contributed by atoms with Gasteiger partial charge in [0.25, 0.3) is 5.91 Å². The Labute approximate surface area is 188 Å². The molecule has 0 aliphatic heterocycles. The number of nitrogens with one attached hydrogen (secondary N) is 2. The van der Waals surface area contributed by atoms with Crippen molar-refractivity contribution >= 4 is 23.4 Å². The Bertz CT molecular complexity index is 1090. The third-order valence-corrected chi connectivity index (χ3v) is 5.09. The fourth-order valence-corrected chi connectivity index (χ4v) is 3.36. The molecule has 3 aromatic rings. The summed E-state index contributed by atoms with van der Waals surface area (Å²) in [7, 11) is 0. The van der Waals surface area contributed by atoms with Crippen molar-refractivity contribution < 1.29 is 22.8 Å². The zero-order valence-corrected chi connectivity index (χ0v) is 17.6. The summed E-state index contributed by atoms with van der Waals surface area (Å²) in [6, 6.07) is 19.6. The third kappa shape index (κ3) is 6.34. The molecule has 0 unspecified atom stereocenters. The first-order valence-corrected chi connectivity index (χ1v) is 10.1. The van der Waals surface area contributed by atoms with E-state index in [2.05, 4.69) is 10.6 Å². The van der Waals surface area contributed by atoms with E-state index >= 15 is 0 Å². The van der Waals surface area contributed by atoms with Crippen molar-refractivity contribution in [2.75, 3.05) is 0 Å². The number of amides is 2. The second kappa shape index (κ2) is 10.3. The molecule has 0 heterocycles. The van der Waals surface area contributed by atoms with Gasteiger partial charge in [0.05, 0.1) is 28.6 Å². The van der Waals surface area contributed by atoms with Crippen molar-refractivity contribution in [3.8, 4) is 0 Å². The van der Waals surface area contributed by atoms with Gasteiger partial charge in [0.1, 0.15) is 0 Å². The van der Waals surface area contributed by atoms with Gasteiger partial charge in [0.15, 0.2) is 0 Å². The maximum Gasteiger partial charge on any atom is 0.416 e. The van der Waals surface area contributed by atoms with Crippen LogP contribution in [0.4, 0.5) is 13.2 Å². The zero-order chi connectivity index (χ0) is 23.1. The highest BCUT2D eigenvalue weighted by molar-refractivity contribution is 6.33. The molecular weight excluding hydrogens is 441 g/mol. The van der Waals surface area contributed by atoms with E-state index in [-0.39, 0.29) is 23.6 Å². The van der Waals surface area contributed by atoms with Crippen molar-refractivity contribution in [3.63, 3.8) is 0 Å². The van der Waals surface area contributed by atoms with Gasteiger partial charge in [-0.1, -0.05) is 66.2 Å². The van der Waals surface area contributed by atoms with Crippen molar-refractivity contribution in [1.82, 2.24) is 10.6 Å². The average Bonchev–Trinajstić information content (AvgIpc) is 2.78. The van der Waals surface area contributed by atoms with Crippen LogP contribution < -0.4 is 10.6 Å². The molecule has 4 nitrogen and oxygen atoms in total. The van der Waals surface area contributed by atoms with E-state index in [9.17, 15) is 22.8 Å². The molecule has 8 heteroatoms. The molecule has 0 aromatic heterocycles. The molecule has 3 rings (SSSR count). The Balaban J connectivity index is 1.69. The molecule has 0 aliphatic carbocycles. The van der Waals surface area contributed by atoms with Crippen LogP contribution in [0, 0.1) is 0 Å². The molecule has 0 aliphatic rings. The maximum absolute atomic E-state index is 12.9. The summed E-state index contributed by atoms with van der Waals surface area (Å²) >= 11 is 6.10. The largest absolute Gasteiger partial charge is 0.416 e. The van der Waals surface area contributed by atoms with Crippen LogP contribution in [0.5, 0.6) is 0 Å². The molecule has 32 heavy (non-hydrogen) atoms. The van der Waals surface area contributed by atoms with Gasteiger partial charge in [-0.05, 0) is 35.4 Å². The monoisotopic (exact) mass is 460 g/mol. The Morgan fingerprint density at radius 2 is 1.59 bits per heavy atom. The third-order valence-electron chi connectivity index (χ3n) is 4.76. The Hall–Kier alpha value is -3.32. The SMILES string of the molecule is O=C(C[C@H](NC(=O)c1ccccc1Cl)c1ccccc1)NCc1cccc(C(F)(F)F)c1. The number of carbonyl (C=O) groups is 2. The maximum atomic E-state index is 12.9. The Morgan fingerprint density at radius 1 is 0.906 bits per heavy atom. The van der Waals surface area contributed by atoms with Crippen molar-refractivity contribution in [3.05, 3.63) is 106 Å². The highest BCUT2D eigenvalue weighted by atomic mass is 35.5. The van der Waals surface area contributed by atoms with E-state index in [0.717, 1.165) is 12.1 Å². The minimum absolute atomic E-state index is 0.0667. The molecule has 1 atom stereocenters. The van der Waals surface area contributed by atoms with E-state index < -0.39 is 29.6 Å². The normalized spacial score (nSPS) is 12.1. The number of alkyl halides is 3. The minimum Gasteiger partial charge on any atom is -0.352 e. The lowest BCUT2D eigenvalue weighted by atomic mass is 10.0. The van der Waals surface area contributed by atoms with Gasteiger partial charge in [-0.2, -0.15) is 13.2 Å². The molecule has 0 saturated carbocycles. The van der Waals surface area contributed by atoms with Gasteiger partial charge < -0.3 is 10.6 Å². The predicted octanol–water partition coefficient (Wildman–Crippen LogP) is 5.54. The first kappa shape index (κ1) is 23.3. The van der Waals surface area contributed by atoms with Gasteiger partial charge in [0.2, 0.25) is 5.91 Å². The summed E-state index contributed by atoms with van der Waals surface area (Å²) in [4.78, 5) is 25.3. The first-order chi connectivity index (χ1) is 15.2. The molecular formula is C24H20ClF3N2O2. The van der Waals surface area contributed by atoms with E-state index in [0.29, 0.717) is 11.1 Å². The van der Waals surface area contributed by atoms with Crippen LogP contribution in [-0.2, 0) is 17.5 Å². The van der Waals surface area contributed by atoms with Crippen molar-refractivity contribution in [2.24, 2.45) is 0 Å². The highest BCUT2D eigenvalue weighted by Gasteiger charge is 2.30. The molecule has 3 aromatic carbocycles. The molecule has 2 amide bonds. The standard InChI is InChI=1S/C24H20ClF3N2O2/c25-20-12-5-4-11-19(20)23(32)30-21(17-8-2-1-3-9-17)14-22(31)29-15-16-7-6-10-18(13-16)24(26,27)28/h1-13,21H,14-15H2,(H,29,31)(H,30,32)/t21-/m0/s1. The molecule has 166 valence electrons. The van der Waals surface area contributed by atoms with E-state index in [1.54, 1.807) is 48.5 Å². The van der Waals surface area contributed by atoms with Gasteiger partial charge in [0, 0.05) is 6.54 Å². The predicted molar refractivity (Wildman–Crippen MR) is 116 cm³/mol. The fraction of sp³-hybridized carbons (Fsp3) is 0.167. The van der Waals surface area contributed by atoms with Crippen LogP contribution in [-0.4, -0.2) is 11.8 Å². The van der Waals surface area contributed by atoms with Gasteiger partial charge in [-0.15, -0.1) is 0 Å². The van der Waals surface area contributed by atoms with E-state index in [1.807, 2.05) is 6.07 Å². The second-order valence-electron chi connectivity index (χ2n) is 7.10. The van der Waals surface area contributed by atoms with E-state index in [4.69, 9.17) is 11.6 Å². The highest BCUT2D eigenvalue weighted by Crippen LogP contribution is 2.29. The van der Waals surface area contributed by atoms with Gasteiger partial charge in [-0.3, -0.25) is 9.59 Å². The summed E-state index contributed by atoms with van der Waals surface area (Å²) in [6.45, 7) is -0.0667. The van der Waals surface area contributed by atoms with Crippen molar-refractivity contribution in [2.45, 2.75) is 25.2 Å². The molecule has 0 fully saturated rings. The number of rotatable bonds is 7. The summed E-state index contributed by atoms with van der Waals surface area (Å²) in [5, 5.41) is 5.72. The number of carbonyl (C=O) groups excluding carboxylic acids is 2. The van der Waals surface area contributed by atoms with Gasteiger partial charge >= 0.3 is 6.18 Å². The van der Waals surface area contributed by atoms with Crippen LogP contribution in [0.1, 0.15) is 39.5 Å².